The highest BCUT2D eigenvalue weighted by molar-refractivity contribution is 5.57. The van der Waals surface area contributed by atoms with E-state index in [0.29, 0.717) is 42.5 Å². The fourth-order valence-corrected chi connectivity index (χ4v) is 4.31. The monoisotopic (exact) mass is 440 g/mol. The highest BCUT2D eigenvalue weighted by Gasteiger charge is 2.27. The molecule has 32 heavy (non-hydrogen) atoms. The zero-order valence-electron chi connectivity index (χ0n) is 18.7. The van der Waals surface area contributed by atoms with Gasteiger partial charge < -0.3 is 24.0 Å². The molecule has 2 aromatic carbocycles. The average Bonchev–Trinajstić information content (AvgIpc) is 3.24. The molecule has 0 saturated carbocycles. The number of aromatic nitrogens is 2. The van der Waals surface area contributed by atoms with Gasteiger partial charge in [-0.15, -0.1) is 0 Å². The lowest BCUT2D eigenvalue weighted by Crippen LogP contribution is -2.46. The smallest absolute Gasteiger partial charge is 0.165 e. The predicted octanol–water partition coefficient (Wildman–Crippen LogP) is 2.98. The van der Waals surface area contributed by atoms with Gasteiger partial charge in [-0.1, -0.05) is 24.3 Å². The van der Waals surface area contributed by atoms with Crippen molar-refractivity contribution in [3.8, 4) is 11.5 Å². The van der Waals surface area contributed by atoms with E-state index in [2.05, 4.69) is 9.88 Å². The van der Waals surface area contributed by atoms with Gasteiger partial charge in [-0.05, 0) is 12.1 Å². The minimum Gasteiger partial charge on any atom is -0.493 e. The first-order chi connectivity index (χ1) is 15.5. The maximum absolute atomic E-state index is 14.9. The van der Waals surface area contributed by atoms with Gasteiger partial charge in [-0.25, -0.2) is 9.37 Å². The summed E-state index contributed by atoms with van der Waals surface area (Å²) >= 11 is 0. The van der Waals surface area contributed by atoms with E-state index in [-0.39, 0.29) is 5.82 Å². The van der Waals surface area contributed by atoms with Gasteiger partial charge in [0.15, 0.2) is 11.5 Å². The summed E-state index contributed by atoms with van der Waals surface area (Å²) < 4.78 is 27.6. The molecule has 1 unspecified atom stereocenters. The number of nitrogens with zero attached hydrogens (tertiary/aromatic N) is 4. The van der Waals surface area contributed by atoms with Crippen LogP contribution in [0.1, 0.15) is 23.1 Å². The Bertz CT molecular complexity index is 1060. The van der Waals surface area contributed by atoms with Crippen LogP contribution >= 0.6 is 0 Å². The van der Waals surface area contributed by atoms with Gasteiger partial charge in [0.25, 0.3) is 0 Å². The first-order valence-corrected chi connectivity index (χ1v) is 10.6. The Labute approximate surface area is 187 Å². The predicted molar refractivity (Wildman–Crippen MR) is 121 cm³/mol. The van der Waals surface area contributed by atoms with Gasteiger partial charge >= 0.3 is 0 Å². The van der Waals surface area contributed by atoms with Crippen LogP contribution in [-0.2, 0) is 13.6 Å². The van der Waals surface area contributed by atoms with Crippen molar-refractivity contribution in [2.24, 2.45) is 7.05 Å². The molecule has 1 fully saturated rings. The number of benzene rings is 2. The second kappa shape index (κ2) is 9.58. The summed E-state index contributed by atoms with van der Waals surface area (Å²) in [6.45, 7) is 3.52. The summed E-state index contributed by atoms with van der Waals surface area (Å²) in [5.41, 5.74) is 2.03. The van der Waals surface area contributed by atoms with Crippen molar-refractivity contribution in [3.05, 3.63) is 71.6 Å². The van der Waals surface area contributed by atoms with Crippen LogP contribution in [0, 0.1) is 5.82 Å². The Morgan fingerprint density at radius 3 is 2.47 bits per heavy atom. The lowest BCUT2D eigenvalue weighted by molar-refractivity contribution is 0.205. The standard InChI is InChI=1S/C24H29FN4O3/c1-27-11-10-26-24(27)22(30)18-7-5-8-19(25)21(18)29-14-12-28(13-15-29)16-17-6-4-9-20(31-2)23(17)32-3/h4-11,22,30H,12-16H2,1-3H3. The van der Waals surface area contributed by atoms with Crippen LogP contribution in [0.15, 0.2) is 48.8 Å². The SMILES string of the molecule is COc1cccc(CN2CCN(c3c(F)cccc3C(O)c3nccn3C)CC2)c1OC. The van der Waals surface area contributed by atoms with Gasteiger partial charge in [0.1, 0.15) is 17.7 Å². The van der Waals surface area contributed by atoms with Crippen molar-refractivity contribution in [3.63, 3.8) is 0 Å². The molecule has 0 spiro atoms. The Morgan fingerprint density at radius 1 is 1.06 bits per heavy atom. The van der Waals surface area contributed by atoms with Crippen LogP contribution in [-0.4, -0.2) is 60.0 Å². The maximum atomic E-state index is 14.9. The summed E-state index contributed by atoms with van der Waals surface area (Å²) in [6, 6.07) is 10.7. The van der Waals surface area contributed by atoms with Crippen LogP contribution in [0.5, 0.6) is 11.5 Å². The van der Waals surface area contributed by atoms with Gasteiger partial charge in [0, 0.05) is 63.3 Å². The number of imidazole rings is 1. The topological polar surface area (TPSA) is 63.0 Å². The van der Waals surface area contributed by atoms with Crippen LogP contribution in [0.2, 0.25) is 0 Å². The normalized spacial score (nSPS) is 15.6. The van der Waals surface area contributed by atoms with Crippen molar-refractivity contribution < 1.29 is 19.0 Å². The number of para-hydroxylation sites is 2. The summed E-state index contributed by atoms with van der Waals surface area (Å²) in [7, 11) is 5.09. The largest absolute Gasteiger partial charge is 0.493 e. The van der Waals surface area contributed by atoms with Crippen molar-refractivity contribution in [1.82, 2.24) is 14.5 Å². The molecule has 7 nitrogen and oxygen atoms in total. The molecule has 170 valence electrons. The molecule has 0 aliphatic carbocycles. The number of methoxy groups -OCH3 is 2. The number of ether oxygens (including phenoxy) is 2. The number of hydrogen-bond donors (Lipinski definition) is 1. The highest BCUT2D eigenvalue weighted by Crippen LogP contribution is 2.34. The minimum absolute atomic E-state index is 0.335. The molecule has 8 heteroatoms. The number of halogens is 1. The third-order valence-electron chi connectivity index (χ3n) is 5.98. The molecule has 2 heterocycles. The van der Waals surface area contributed by atoms with E-state index in [1.165, 1.54) is 6.07 Å². The quantitative estimate of drug-likeness (QED) is 0.610. The van der Waals surface area contributed by atoms with Crippen molar-refractivity contribution in [2.75, 3.05) is 45.3 Å². The molecule has 0 bridgehead atoms. The molecule has 3 aromatic rings. The lowest BCUT2D eigenvalue weighted by atomic mass is 10.0. The van der Waals surface area contributed by atoms with Crippen LogP contribution < -0.4 is 14.4 Å². The van der Waals surface area contributed by atoms with Crippen LogP contribution in [0.25, 0.3) is 0 Å². The minimum atomic E-state index is -1.00. The highest BCUT2D eigenvalue weighted by atomic mass is 19.1. The molecular formula is C24H29FN4O3. The zero-order valence-corrected chi connectivity index (χ0v) is 18.7. The van der Waals surface area contributed by atoms with E-state index in [4.69, 9.17) is 9.47 Å². The molecule has 0 radical (unpaired) electrons. The second-order valence-electron chi connectivity index (χ2n) is 7.89. The molecule has 0 amide bonds. The van der Waals surface area contributed by atoms with E-state index in [1.54, 1.807) is 43.3 Å². The van der Waals surface area contributed by atoms with E-state index < -0.39 is 6.10 Å². The van der Waals surface area contributed by atoms with Crippen LogP contribution in [0.3, 0.4) is 0 Å². The molecule has 1 aliphatic rings. The Morgan fingerprint density at radius 2 is 1.81 bits per heavy atom. The number of aliphatic hydroxyl groups is 1. The van der Waals surface area contributed by atoms with Gasteiger partial charge in [-0.3, -0.25) is 4.90 Å². The summed E-state index contributed by atoms with van der Waals surface area (Å²) in [6.07, 6.45) is 2.39. The first-order valence-electron chi connectivity index (χ1n) is 10.6. The Hall–Kier alpha value is -3.10. The first kappa shape index (κ1) is 22.1. The second-order valence-corrected chi connectivity index (χ2v) is 7.89. The molecule has 1 atom stereocenters. The summed E-state index contributed by atoms with van der Waals surface area (Å²) in [4.78, 5) is 8.56. The Balaban J connectivity index is 1.50. The number of anilines is 1. The molecular weight excluding hydrogens is 411 g/mol. The Kier molecular flexibility index (Phi) is 6.62. The third kappa shape index (κ3) is 4.28. The van der Waals surface area contributed by atoms with E-state index in [0.717, 1.165) is 24.4 Å². The molecule has 1 N–H and O–H groups in total. The number of piperazine rings is 1. The zero-order chi connectivity index (χ0) is 22.7. The van der Waals surface area contributed by atoms with E-state index in [1.807, 2.05) is 30.1 Å². The maximum Gasteiger partial charge on any atom is 0.165 e. The van der Waals surface area contributed by atoms with Crippen molar-refractivity contribution in [1.29, 1.82) is 0 Å². The number of aliphatic hydroxyl groups excluding tert-OH is 1. The molecule has 1 aromatic heterocycles. The number of rotatable bonds is 7. The van der Waals surface area contributed by atoms with E-state index in [9.17, 15) is 9.50 Å². The summed E-state index contributed by atoms with van der Waals surface area (Å²) in [5, 5.41) is 10.9. The van der Waals surface area contributed by atoms with E-state index >= 15 is 0 Å². The van der Waals surface area contributed by atoms with Gasteiger partial charge in [-0.2, -0.15) is 0 Å². The van der Waals surface area contributed by atoms with Crippen molar-refractivity contribution >= 4 is 5.69 Å². The fourth-order valence-electron chi connectivity index (χ4n) is 4.31. The van der Waals surface area contributed by atoms with Gasteiger partial charge in [0.2, 0.25) is 0 Å². The average molecular weight is 441 g/mol. The lowest BCUT2D eigenvalue weighted by Gasteiger charge is -2.37. The number of aryl methyl sites for hydroxylation is 1. The van der Waals surface area contributed by atoms with Gasteiger partial charge in [0.05, 0.1) is 19.9 Å². The molecule has 4 rings (SSSR count). The number of hydrogen-bond acceptors (Lipinski definition) is 6. The molecule has 1 saturated heterocycles. The summed E-state index contributed by atoms with van der Waals surface area (Å²) in [5.74, 6) is 1.61. The van der Waals surface area contributed by atoms with Crippen LogP contribution in [0.4, 0.5) is 10.1 Å². The molecule has 1 aliphatic heterocycles. The van der Waals surface area contributed by atoms with Crippen molar-refractivity contribution in [2.45, 2.75) is 12.6 Å². The fraction of sp³-hybridized carbons (Fsp3) is 0.375. The third-order valence-corrected chi connectivity index (χ3v) is 5.98.